The first-order chi connectivity index (χ1) is 14.1. The number of nitrogens with two attached hydrogens (primary N) is 1. The minimum atomic E-state index is -1.48. The first kappa shape index (κ1) is 22.8. The molecule has 2 rings (SSSR count). The van der Waals surface area contributed by atoms with Crippen LogP contribution in [-0.2, 0) is 14.4 Å². The van der Waals surface area contributed by atoms with Crippen molar-refractivity contribution in [1.82, 2.24) is 10.6 Å². The number of benzene rings is 1. The molecule has 0 bridgehead atoms. The van der Waals surface area contributed by atoms with Crippen LogP contribution in [0, 0.1) is 5.82 Å². The maximum absolute atomic E-state index is 13.2. The van der Waals surface area contributed by atoms with E-state index in [9.17, 15) is 33.8 Å². The van der Waals surface area contributed by atoms with Gasteiger partial charge in [-0.1, -0.05) is 12.1 Å². The molecule has 1 aromatic rings. The third kappa shape index (κ3) is 6.25. The van der Waals surface area contributed by atoms with Crippen molar-refractivity contribution in [3.05, 3.63) is 41.7 Å². The molecule has 1 aliphatic carbocycles. The highest BCUT2D eigenvalue weighted by molar-refractivity contribution is 5.98. The largest absolute Gasteiger partial charge is 0.481 e. The van der Waals surface area contributed by atoms with Gasteiger partial charge in [-0.05, 0) is 18.2 Å². The summed E-state index contributed by atoms with van der Waals surface area (Å²) in [5.74, 6) is -3.89. The van der Waals surface area contributed by atoms with E-state index in [-0.39, 0.29) is 17.7 Å². The van der Waals surface area contributed by atoms with E-state index in [4.69, 9.17) is 10.8 Å². The standard InChI is InChI=1S/C18H21FN4O7/c19-9-2-1-3-10(6-9)21-18(30)23-11-4-8(5-13(24)15(11)27)17(29)22-12(16(20)28)7-14(25)26/h1-4,6,11-13,15,24,27H,5,7H2,(H2,20,28)(H,22,29)(H,25,26)(H2,21,23,30). The molecule has 0 spiro atoms. The Kier molecular flexibility index (Phi) is 7.44. The number of rotatable bonds is 7. The fraction of sp³-hybridized carbons (Fsp3) is 0.333. The van der Waals surface area contributed by atoms with Crippen LogP contribution in [-0.4, -0.2) is 63.4 Å². The Morgan fingerprint density at radius 3 is 2.53 bits per heavy atom. The number of anilines is 1. The van der Waals surface area contributed by atoms with Crippen molar-refractivity contribution in [2.24, 2.45) is 5.73 Å². The van der Waals surface area contributed by atoms with Gasteiger partial charge in [0, 0.05) is 17.7 Å². The lowest BCUT2D eigenvalue weighted by Crippen LogP contribution is -2.53. The molecule has 4 atom stereocenters. The number of aliphatic carboxylic acids is 1. The van der Waals surface area contributed by atoms with Gasteiger partial charge in [0.25, 0.3) is 0 Å². The van der Waals surface area contributed by atoms with Gasteiger partial charge in [-0.3, -0.25) is 14.4 Å². The zero-order chi connectivity index (χ0) is 22.4. The lowest BCUT2D eigenvalue weighted by atomic mass is 9.90. The zero-order valence-electron chi connectivity index (χ0n) is 15.5. The van der Waals surface area contributed by atoms with Gasteiger partial charge in [0.1, 0.15) is 18.0 Å². The molecule has 1 aliphatic rings. The van der Waals surface area contributed by atoms with Gasteiger partial charge in [0.05, 0.1) is 18.6 Å². The number of hydrogen-bond acceptors (Lipinski definition) is 6. The molecule has 162 valence electrons. The Balaban J connectivity index is 2.10. The Hall–Kier alpha value is -3.51. The fourth-order valence-electron chi connectivity index (χ4n) is 2.80. The summed E-state index contributed by atoms with van der Waals surface area (Å²) in [6.07, 6.45) is -2.77. The van der Waals surface area contributed by atoms with Gasteiger partial charge >= 0.3 is 12.0 Å². The highest BCUT2D eigenvalue weighted by Crippen LogP contribution is 2.20. The molecule has 12 heteroatoms. The maximum atomic E-state index is 13.2. The van der Waals surface area contributed by atoms with Crippen molar-refractivity contribution < 1.29 is 38.9 Å². The van der Waals surface area contributed by atoms with Gasteiger partial charge < -0.3 is 37.0 Å². The van der Waals surface area contributed by atoms with Crippen LogP contribution >= 0.6 is 0 Å². The van der Waals surface area contributed by atoms with Gasteiger partial charge in [-0.25, -0.2) is 9.18 Å². The summed E-state index contributed by atoms with van der Waals surface area (Å²) in [7, 11) is 0. The molecule has 4 amide bonds. The zero-order valence-corrected chi connectivity index (χ0v) is 15.5. The van der Waals surface area contributed by atoms with Gasteiger partial charge in [0.2, 0.25) is 11.8 Å². The fourth-order valence-corrected chi connectivity index (χ4v) is 2.80. The summed E-state index contributed by atoms with van der Waals surface area (Å²) < 4.78 is 13.2. The van der Waals surface area contributed by atoms with Crippen molar-refractivity contribution in [1.29, 1.82) is 0 Å². The molecule has 0 aliphatic heterocycles. The number of aliphatic hydroxyl groups is 2. The van der Waals surface area contributed by atoms with Crippen LogP contribution in [0.5, 0.6) is 0 Å². The van der Waals surface area contributed by atoms with E-state index in [1.54, 1.807) is 0 Å². The predicted molar refractivity (Wildman–Crippen MR) is 100 cm³/mol. The Labute approximate surface area is 169 Å². The average Bonchev–Trinajstić information content (AvgIpc) is 2.64. The van der Waals surface area contributed by atoms with Crippen LogP contribution in [0.2, 0.25) is 0 Å². The number of carboxylic acids is 1. The highest BCUT2D eigenvalue weighted by atomic mass is 19.1. The summed E-state index contributed by atoms with van der Waals surface area (Å²) in [6, 6.07) is 1.52. The second-order valence-corrected chi connectivity index (χ2v) is 6.61. The molecule has 11 nitrogen and oxygen atoms in total. The molecular formula is C18H21FN4O7. The smallest absolute Gasteiger partial charge is 0.319 e. The van der Waals surface area contributed by atoms with Gasteiger partial charge in [0.15, 0.2) is 0 Å². The van der Waals surface area contributed by atoms with E-state index in [0.29, 0.717) is 0 Å². The van der Waals surface area contributed by atoms with Crippen LogP contribution in [0.1, 0.15) is 12.8 Å². The van der Waals surface area contributed by atoms with Gasteiger partial charge in [-0.2, -0.15) is 0 Å². The highest BCUT2D eigenvalue weighted by Gasteiger charge is 2.34. The molecular weight excluding hydrogens is 403 g/mol. The molecule has 1 aromatic carbocycles. The molecule has 4 unspecified atom stereocenters. The van der Waals surface area contributed by atoms with E-state index in [2.05, 4.69) is 16.0 Å². The first-order valence-corrected chi connectivity index (χ1v) is 8.78. The molecule has 0 saturated heterocycles. The summed E-state index contributed by atoms with van der Waals surface area (Å²) in [5, 5.41) is 35.7. The number of carbonyl (C=O) groups excluding carboxylic acids is 3. The summed E-state index contributed by atoms with van der Waals surface area (Å²) in [6.45, 7) is 0. The Bertz CT molecular complexity index is 876. The molecule has 8 N–H and O–H groups in total. The van der Waals surface area contributed by atoms with Crippen LogP contribution in [0.15, 0.2) is 35.9 Å². The first-order valence-electron chi connectivity index (χ1n) is 8.78. The number of carbonyl (C=O) groups is 4. The lowest BCUT2D eigenvalue weighted by molar-refractivity contribution is -0.140. The van der Waals surface area contributed by atoms with E-state index in [0.717, 1.165) is 12.1 Å². The number of urea groups is 1. The van der Waals surface area contributed by atoms with E-state index < -0.39 is 60.3 Å². The number of aliphatic hydroxyl groups excluding tert-OH is 2. The lowest BCUT2D eigenvalue weighted by Gasteiger charge is -2.31. The average molecular weight is 424 g/mol. The second-order valence-electron chi connectivity index (χ2n) is 6.61. The van der Waals surface area contributed by atoms with Crippen molar-refractivity contribution in [3.8, 4) is 0 Å². The number of amides is 4. The van der Waals surface area contributed by atoms with E-state index in [1.807, 2.05) is 0 Å². The third-order valence-electron chi connectivity index (χ3n) is 4.27. The topological polar surface area (TPSA) is 191 Å². The van der Waals surface area contributed by atoms with Crippen molar-refractivity contribution in [2.75, 3.05) is 5.32 Å². The monoisotopic (exact) mass is 424 g/mol. The van der Waals surface area contributed by atoms with Crippen molar-refractivity contribution in [2.45, 2.75) is 37.1 Å². The minimum Gasteiger partial charge on any atom is -0.481 e. The molecule has 0 heterocycles. The van der Waals surface area contributed by atoms with Crippen molar-refractivity contribution >= 4 is 29.5 Å². The van der Waals surface area contributed by atoms with Crippen LogP contribution in [0.4, 0.5) is 14.9 Å². The van der Waals surface area contributed by atoms with Gasteiger partial charge in [-0.15, -0.1) is 0 Å². The number of primary amides is 1. The molecule has 0 fully saturated rings. The molecule has 30 heavy (non-hydrogen) atoms. The quantitative estimate of drug-likeness (QED) is 0.286. The van der Waals surface area contributed by atoms with Crippen LogP contribution in [0.25, 0.3) is 0 Å². The normalized spacial score (nSPS) is 21.7. The van der Waals surface area contributed by atoms with Crippen LogP contribution in [0.3, 0.4) is 0 Å². The number of carboxylic acid groups (broad SMARTS) is 1. The summed E-state index contributed by atoms with van der Waals surface area (Å²) >= 11 is 0. The van der Waals surface area contributed by atoms with E-state index in [1.165, 1.54) is 18.2 Å². The van der Waals surface area contributed by atoms with E-state index >= 15 is 0 Å². The Morgan fingerprint density at radius 1 is 1.23 bits per heavy atom. The second kappa shape index (κ2) is 9.80. The third-order valence-corrected chi connectivity index (χ3v) is 4.27. The molecule has 0 saturated carbocycles. The SMILES string of the molecule is NC(=O)C(CC(=O)O)NC(=O)C1=CC(NC(=O)Nc2cccc(F)c2)C(O)C(O)C1. The molecule has 0 radical (unpaired) electrons. The minimum absolute atomic E-state index is 0.0968. The summed E-state index contributed by atoms with van der Waals surface area (Å²) in [5.41, 5.74) is 5.11. The predicted octanol–water partition coefficient (Wildman–Crippen LogP) is -1.19. The van der Waals surface area contributed by atoms with Crippen molar-refractivity contribution in [3.63, 3.8) is 0 Å². The maximum Gasteiger partial charge on any atom is 0.319 e. The number of halogens is 1. The molecule has 0 aromatic heterocycles. The summed E-state index contributed by atoms with van der Waals surface area (Å²) in [4.78, 5) is 46.6. The van der Waals surface area contributed by atoms with Crippen LogP contribution < -0.4 is 21.7 Å². The Morgan fingerprint density at radius 2 is 1.93 bits per heavy atom. The number of nitrogens with one attached hydrogen (secondary N) is 3. The number of hydrogen-bond donors (Lipinski definition) is 7.